The molecule has 248 valence electrons. The molecule has 15 heteroatoms. The highest BCUT2D eigenvalue weighted by molar-refractivity contribution is 5.70. The predicted octanol–water partition coefficient (Wildman–Crippen LogP) is 2.42. The van der Waals surface area contributed by atoms with E-state index in [1.54, 1.807) is 0 Å². The topological polar surface area (TPSA) is 153 Å². The van der Waals surface area contributed by atoms with Crippen molar-refractivity contribution in [2.24, 2.45) is 5.92 Å². The third-order valence-corrected chi connectivity index (χ3v) is 6.30. The Morgan fingerprint density at radius 3 is 1.84 bits per heavy atom. The van der Waals surface area contributed by atoms with E-state index in [0.29, 0.717) is 65.4 Å². The van der Waals surface area contributed by atoms with Crippen LogP contribution in [0.3, 0.4) is 0 Å². The van der Waals surface area contributed by atoms with Crippen LogP contribution in [0.1, 0.15) is 27.2 Å². The first-order valence-electron chi connectivity index (χ1n) is 14.9. The van der Waals surface area contributed by atoms with Gasteiger partial charge >= 0.3 is 12.2 Å². The summed E-state index contributed by atoms with van der Waals surface area (Å²) in [6.45, 7) is 10.5. The molecule has 1 fully saturated rings. The largest absolute Gasteiger partial charge is 0.446 e. The van der Waals surface area contributed by atoms with E-state index in [2.05, 4.69) is 9.97 Å². The van der Waals surface area contributed by atoms with Gasteiger partial charge in [0.05, 0.1) is 90.5 Å². The molecule has 44 heavy (non-hydrogen) atoms. The van der Waals surface area contributed by atoms with Crippen molar-refractivity contribution in [3.63, 3.8) is 0 Å². The number of nitrogens with zero attached hydrogens (tertiary/aromatic N) is 4. The summed E-state index contributed by atoms with van der Waals surface area (Å²) in [5.41, 5.74) is 0. The standard InChI is InChI=1S/C29H46N4O11/c1-23(17-38-9-8-36-11-14-40-28(34)32-6-4-30-21-32)42-18-25(3)43-20-26-16-27(26)44-19-24(2)39-13-10-37-12-15-41-29(35)33-7-5-31-22-33/h4-7,21-27H,8-20H2,1-3H3. The molecule has 1 aliphatic rings. The second kappa shape index (κ2) is 20.9. The van der Waals surface area contributed by atoms with Gasteiger partial charge in [-0.15, -0.1) is 0 Å². The first kappa shape index (κ1) is 35.6. The first-order valence-corrected chi connectivity index (χ1v) is 14.9. The summed E-state index contributed by atoms with van der Waals surface area (Å²) < 4.78 is 52.4. The summed E-state index contributed by atoms with van der Waals surface area (Å²) in [6, 6.07) is 0. The molecule has 2 heterocycles. The minimum Gasteiger partial charge on any atom is -0.446 e. The van der Waals surface area contributed by atoms with Crippen LogP contribution in [-0.4, -0.2) is 135 Å². The van der Waals surface area contributed by atoms with E-state index in [9.17, 15) is 9.59 Å². The third-order valence-electron chi connectivity index (χ3n) is 6.30. The lowest BCUT2D eigenvalue weighted by molar-refractivity contribution is -0.0683. The second-order valence-corrected chi connectivity index (χ2v) is 10.3. The summed E-state index contributed by atoms with van der Waals surface area (Å²) in [5, 5.41) is 0. The van der Waals surface area contributed by atoms with Crippen LogP contribution in [0.15, 0.2) is 37.4 Å². The van der Waals surface area contributed by atoms with Gasteiger partial charge < -0.3 is 42.6 Å². The molecule has 0 amide bonds. The molecule has 0 aliphatic heterocycles. The first-order chi connectivity index (χ1) is 21.4. The Morgan fingerprint density at radius 2 is 1.23 bits per heavy atom. The van der Waals surface area contributed by atoms with E-state index in [4.69, 9.17) is 42.6 Å². The number of aromatic nitrogens is 4. The lowest BCUT2D eigenvalue weighted by Crippen LogP contribution is -2.25. The van der Waals surface area contributed by atoms with Crippen molar-refractivity contribution in [2.45, 2.75) is 51.6 Å². The Hall–Kier alpha value is -2.92. The smallest absolute Gasteiger partial charge is 0.419 e. The highest BCUT2D eigenvalue weighted by Crippen LogP contribution is 2.34. The highest BCUT2D eigenvalue weighted by Gasteiger charge is 2.39. The maximum atomic E-state index is 11.6. The van der Waals surface area contributed by atoms with Crippen LogP contribution in [0.5, 0.6) is 0 Å². The van der Waals surface area contributed by atoms with Gasteiger partial charge in [-0.1, -0.05) is 0 Å². The molecule has 0 saturated heterocycles. The molecule has 0 radical (unpaired) electrons. The van der Waals surface area contributed by atoms with Crippen molar-refractivity contribution in [2.75, 3.05) is 79.3 Å². The average Bonchev–Trinajstić information content (AvgIpc) is 3.38. The number of hydrogen-bond acceptors (Lipinski definition) is 13. The Kier molecular flexibility index (Phi) is 16.9. The number of carbonyl (C=O) groups excluding carboxylic acids is 2. The zero-order valence-electron chi connectivity index (χ0n) is 25.8. The zero-order chi connectivity index (χ0) is 31.4. The number of carbonyl (C=O) groups is 2. The quantitative estimate of drug-likeness (QED) is 0.157. The fourth-order valence-electron chi connectivity index (χ4n) is 3.73. The van der Waals surface area contributed by atoms with Gasteiger partial charge in [0, 0.05) is 30.7 Å². The summed E-state index contributed by atoms with van der Waals surface area (Å²) in [4.78, 5) is 30.9. The van der Waals surface area contributed by atoms with Crippen molar-refractivity contribution in [1.82, 2.24) is 19.1 Å². The maximum absolute atomic E-state index is 11.6. The molecular weight excluding hydrogens is 580 g/mol. The molecule has 0 aromatic carbocycles. The van der Waals surface area contributed by atoms with Crippen LogP contribution in [0.4, 0.5) is 9.59 Å². The Bertz CT molecular complexity index is 1020. The normalized spacial score (nSPS) is 18.1. The van der Waals surface area contributed by atoms with Crippen LogP contribution in [0, 0.1) is 5.92 Å². The molecule has 0 bridgehead atoms. The van der Waals surface area contributed by atoms with Crippen LogP contribution in [-0.2, 0) is 42.6 Å². The fraction of sp³-hybridized carbons (Fsp3) is 0.724. The fourth-order valence-corrected chi connectivity index (χ4v) is 3.73. The predicted molar refractivity (Wildman–Crippen MR) is 154 cm³/mol. The molecule has 1 saturated carbocycles. The zero-order valence-corrected chi connectivity index (χ0v) is 25.8. The van der Waals surface area contributed by atoms with E-state index < -0.39 is 12.2 Å². The lowest BCUT2D eigenvalue weighted by Gasteiger charge is -2.18. The Morgan fingerprint density at radius 1 is 0.682 bits per heavy atom. The van der Waals surface area contributed by atoms with E-state index in [1.165, 1.54) is 46.6 Å². The molecule has 0 N–H and O–H groups in total. The maximum Gasteiger partial charge on any atom is 0.419 e. The van der Waals surface area contributed by atoms with Crippen molar-refractivity contribution in [1.29, 1.82) is 0 Å². The second-order valence-electron chi connectivity index (χ2n) is 10.3. The van der Waals surface area contributed by atoms with Gasteiger partial charge in [0.25, 0.3) is 0 Å². The van der Waals surface area contributed by atoms with E-state index in [1.807, 2.05) is 20.8 Å². The van der Waals surface area contributed by atoms with Gasteiger partial charge in [0.15, 0.2) is 0 Å². The van der Waals surface area contributed by atoms with Gasteiger partial charge in [-0.25, -0.2) is 28.7 Å². The van der Waals surface area contributed by atoms with E-state index >= 15 is 0 Å². The van der Waals surface area contributed by atoms with Crippen LogP contribution >= 0.6 is 0 Å². The van der Waals surface area contributed by atoms with Gasteiger partial charge in [-0.2, -0.15) is 0 Å². The van der Waals surface area contributed by atoms with E-state index in [0.717, 1.165) is 6.42 Å². The molecule has 15 nitrogen and oxygen atoms in total. The van der Waals surface area contributed by atoms with Gasteiger partial charge in [0.2, 0.25) is 0 Å². The average molecular weight is 627 g/mol. The number of hydrogen-bond donors (Lipinski definition) is 0. The van der Waals surface area contributed by atoms with Crippen molar-refractivity contribution >= 4 is 12.2 Å². The Labute approximate surface area is 257 Å². The number of ether oxygens (including phenoxy) is 9. The monoisotopic (exact) mass is 626 g/mol. The van der Waals surface area contributed by atoms with Crippen molar-refractivity contribution in [3.8, 4) is 0 Å². The SMILES string of the molecule is CC(COCCOCCOC(=O)n1ccnc1)OCC(C)OCC1CC1OCC(C)OCCOCCOC(=O)n1ccnc1. The molecule has 2 aromatic heterocycles. The van der Waals surface area contributed by atoms with Gasteiger partial charge in [-0.3, -0.25) is 0 Å². The van der Waals surface area contributed by atoms with Crippen LogP contribution in [0.2, 0.25) is 0 Å². The number of imidazole rings is 2. The minimum atomic E-state index is -0.491. The minimum absolute atomic E-state index is 0.0382. The van der Waals surface area contributed by atoms with E-state index in [-0.39, 0.29) is 44.2 Å². The Balaban J connectivity index is 1.05. The molecule has 5 atom stereocenters. The lowest BCUT2D eigenvalue weighted by atomic mass is 10.4. The summed E-state index contributed by atoms with van der Waals surface area (Å²) in [6.07, 6.45) is 8.82. The molecule has 3 rings (SSSR count). The summed E-state index contributed by atoms with van der Waals surface area (Å²) >= 11 is 0. The van der Waals surface area contributed by atoms with Crippen molar-refractivity contribution < 1.29 is 52.2 Å². The summed E-state index contributed by atoms with van der Waals surface area (Å²) in [5.74, 6) is 0.383. The molecule has 1 aliphatic carbocycles. The third kappa shape index (κ3) is 15.2. The van der Waals surface area contributed by atoms with Crippen LogP contribution in [0.25, 0.3) is 0 Å². The number of rotatable bonds is 24. The molecular formula is C29H46N4O11. The van der Waals surface area contributed by atoms with Gasteiger partial charge in [-0.05, 0) is 27.2 Å². The van der Waals surface area contributed by atoms with Gasteiger partial charge in [0.1, 0.15) is 25.9 Å². The van der Waals surface area contributed by atoms with Crippen LogP contribution < -0.4 is 0 Å². The summed E-state index contributed by atoms with van der Waals surface area (Å²) in [7, 11) is 0. The van der Waals surface area contributed by atoms with Crippen molar-refractivity contribution in [3.05, 3.63) is 37.4 Å². The molecule has 2 aromatic rings. The highest BCUT2D eigenvalue weighted by atomic mass is 16.6. The molecule has 5 unspecified atom stereocenters. The molecule has 0 spiro atoms.